The zero-order valence-corrected chi connectivity index (χ0v) is 13.6. The number of aliphatic hydroxyl groups is 1. The van der Waals surface area contributed by atoms with Crippen LogP contribution < -0.4 is 5.32 Å². The van der Waals surface area contributed by atoms with Gasteiger partial charge in [0.15, 0.2) is 0 Å². The molecule has 124 valence electrons. The number of likely N-dealkylation sites (N-methyl/N-ethyl adjacent to an activating group) is 1. The summed E-state index contributed by atoms with van der Waals surface area (Å²) in [4.78, 5) is 25.2. The zero-order valence-electron chi connectivity index (χ0n) is 13.6. The first kappa shape index (κ1) is 19.8. The fraction of sp³-hybridized carbons (Fsp3) is 0.857. The number of methoxy groups -OCH3 is 2. The van der Waals surface area contributed by atoms with Gasteiger partial charge in [0.05, 0.1) is 26.4 Å². The Morgan fingerprint density at radius 3 is 2.38 bits per heavy atom. The van der Waals surface area contributed by atoms with E-state index >= 15 is 0 Å². The smallest absolute Gasteiger partial charge is 0.328 e. The number of rotatable bonds is 10. The molecule has 0 aromatic rings. The monoisotopic (exact) mass is 304 g/mol. The Morgan fingerprint density at radius 1 is 1.29 bits per heavy atom. The van der Waals surface area contributed by atoms with Crippen LogP contribution in [0, 0.1) is 5.92 Å². The molecule has 0 spiro atoms. The third-order valence-corrected chi connectivity index (χ3v) is 2.82. The highest BCUT2D eigenvalue weighted by Crippen LogP contribution is 2.06. The zero-order chi connectivity index (χ0) is 16.4. The summed E-state index contributed by atoms with van der Waals surface area (Å²) in [5.74, 6) is -0.465. The van der Waals surface area contributed by atoms with Gasteiger partial charge < -0.3 is 19.9 Å². The van der Waals surface area contributed by atoms with Gasteiger partial charge in [0.2, 0.25) is 5.91 Å². The number of carbonyl (C=O) groups is 2. The van der Waals surface area contributed by atoms with Crippen LogP contribution >= 0.6 is 0 Å². The predicted octanol–water partition coefficient (Wildman–Crippen LogP) is -0.371. The average molecular weight is 304 g/mol. The van der Waals surface area contributed by atoms with E-state index in [4.69, 9.17) is 9.47 Å². The van der Waals surface area contributed by atoms with Gasteiger partial charge in [-0.05, 0) is 19.4 Å². The van der Waals surface area contributed by atoms with Crippen LogP contribution in [0.3, 0.4) is 0 Å². The van der Waals surface area contributed by atoms with E-state index in [1.54, 1.807) is 11.9 Å². The second kappa shape index (κ2) is 10.5. The quantitative estimate of drug-likeness (QED) is 0.535. The van der Waals surface area contributed by atoms with Crippen LogP contribution in [0.15, 0.2) is 0 Å². The maximum absolute atomic E-state index is 11.9. The topological polar surface area (TPSA) is 88.1 Å². The van der Waals surface area contributed by atoms with Crippen molar-refractivity contribution in [2.45, 2.75) is 32.4 Å². The largest absolute Gasteiger partial charge is 0.467 e. The van der Waals surface area contributed by atoms with E-state index in [1.807, 2.05) is 13.8 Å². The molecule has 0 aliphatic carbocycles. The third kappa shape index (κ3) is 9.38. The molecular weight excluding hydrogens is 276 g/mol. The van der Waals surface area contributed by atoms with Gasteiger partial charge in [-0.15, -0.1) is 0 Å². The first-order chi connectivity index (χ1) is 9.79. The number of esters is 1. The molecule has 2 atom stereocenters. The molecule has 0 rings (SSSR count). The van der Waals surface area contributed by atoms with Crippen molar-refractivity contribution in [1.29, 1.82) is 0 Å². The Morgan fingerprint density at radius 2 is 1.90 bits per heavy atom. The Kier molecular flexibility index (Phi) is 9.94. The molecule has 21 heavy (non-hydrogen) atoms. The number of nitrogens with one attached hydrogen (secondary N) is 1. The molecule has 0 aliphatic rings. The Bertz CT molecular complexity index is 322. The van der Waals surface area contributed by atoms with Crippen molar-refractivity contribution in [1.82, 2.24) is 10.2 Å². The van der Waals surface area contributed by atoms with Crippen molar-refractivity contribution in [2.24, 2.45) is 5.92 Å². The SMILES string of the molecule is COCC(O)CN(C)CC(=O)NC(CC(C)C)C(=O)OC. The molecule has 0 aromatic carbocycles. The predicted molar refractivity (Wildman–Crippen MR) is 78.8 cm³/mol. The molecule has 0 bridgehead atoms. The summed E-state index contributed by atoms with van der Waals surface area (Å²) in [5, 5.41) is 12.3. The maximum atomic E-state index is 11.9. The van der Waals surface area contributed by atoms with Crippen molar-refractivity contribution < 1.29 is 24.2 Å². The van der Waals surface area contributed by atoms with Gasteiger partial charge in [0, 0.05) is 13.7 Å². The summed E-state index contributed by atoms with van der Waals surface area (Å²) in [6.45, 7) is 4.55. The first-order valence-electron chi connectivity index (χ1n) is 7.02. The summed E-state index contributed by atoms with van der Waals surface area (Å²) in [6.07, 6.45) is -0.131. The van der Waals surface area contributed by atoms with Crippen molar-refractivity contribution in [2.75, 3.05) is 41.0 Å². The molecule has 0 radical (unpaired) electrons. The lowest BCUT2D eigenvalue weighted by atomic mass is 10.0. The minimum Gasteiger partial charge on any atom is -0.467 e. The fourth-order valence-electron chi connectivity index (χ4n) is 1.98. The van der Waals surface area contributed by atoms with Crippen LogP contribution in [-0.4, -0.2) is 75.0 Å². The van der Waals surface area contributed by atoms with Gasteiger partial charge in [-0.3, -0.25) is 9.69 Å². The van der Waals surface area contributed by atoms with Crippen LogP contribution in [-0.2, 0) is 19.1 Å². The van der Waals surface area contributed by atoms with Gasteiger partial charge in [0.1, 0.15) is 6.04 Å². The molecule has 0 saturated carbocycles. The van der Waals surface area contributed by atoms with E-state index in [2.05, 4.69) is 5.32 Å². The molecular formula is C14H28N2O5. The minimum absolute atomic E-state index is 0.0896. The Balaban J connectivity index is 4.32. The van der Waals surface area contributed by atoms with Crippen LogP contribution in [0.4, 0.5) is 0 Å². The standard InChI is InChI=1S/C14H28N2O5/c1-10(2)6-12(14(19)21-5)15-13(18)8-16(3)7-11(17)9-20-4/h10-12,17H,6-9H2,1-5H3,(H,15,18). The fourth-order valence-corrected chi connectivity index (χ4v) is 1.98. The molecule has 0 aromatic heterocycles. The minimum atomic E-state index is -0.653. The Labute approximate surface area is 126 Å². The molecule has 2 N–H and O–H groups in total. The highest BCUT2D eigenvalue weighted by molar-refractivity contribution is 5.85. The van der Waals surface area contributed by atoms with Crippen LogP contribution in [0.2, 0.25) is 0 Å². The van der Waals surface area contributed by atoms with Crippen LogP contribution in [0.1, 0.15) is 20.3 Å². The van der Waals surface area contributed by atoms with E-state index in [-0.39, 0.29) is 25.0 Å². The summed E-state index contributed by atoms with van der Waals surface area (Å²) < 4.78 is 9.52. The summed E-state index contributed by atoms with van der Waals surface area (Å²) in [5.41, 5.74) is 0. The second-order valence-electron chi connectivity index (χ2n) is 5.58. The highest BCUT2D eigenvalue weighted by Gasteiger charge is 2.23. The first-order valence-corrected chi connectivity index (χ1v) is 7.02. The van der Waals surface area contributed by atoms with Crippen molar-refractivity contribution in [3.63, 3.8) is 0 Å². The molecule has 7 nitrogen and oxygen atoms in total. The molecule has 1 amide bonds. The number of amides is 1. The van der Waals surface area contributed by atoms with Crippen LogP contribution in [0.25, 0.3) is 0 Å². The average Bonchev–Trinajstić information content (AvgIpc) is 2.36. The summed E-state index contributed by atoms with van der Waals surface area (Å²) >= 11 is 0. The van der Waals surface area contributed by atoms with E-state index in [1.165, 1.54) is 14.2 Å². The lowest BCUT2D eigenvalue weighted by Gasteiger charge is -2.22. The van der Waals surface area contributed by atoms with E-state index in [0.717, 1.165) is 0 Å². The molecule has 0 fully saturated rings. The second-order valence-corrected chi connectivity index (χ2v) is 5.58. The van der Waals surface area contributed by atoms with Gasteiger partial charge in [-0.25, -0.2) is 4.79 Å². The van der Waals surface area contributed by atoms with Gasteiger partial charge in [0.25, 0.3) is 0 Å². The number of nitrogens with zero attached hydrogens (tertiary/aromatic N) is 1. The third-order valence-electron chi connectivity index (χ3n) is 2.82. The number of carbonyl (C=O) groups excluding carboxylic acids is 2. The van der Waals surface area contributed by atoms with Gasteiger partial charge >= 0.3 is 5.97 Å². The lowest BCUT2D eigenvalue weighted by molar-refractivity contribution is -0.145. The molecule has 0 heterocycles. The van der Waals surface area contributed by atoms with Crippen molar-refractivity contribution >= 4 is 11.9 Å². The van der Waals surface area contributed by atoms with Crippen molar-refractivity contribution in [3.05, 3.63) is 0 Å². The maximum Gasteiger partial charge on any atom is 0.328 e. The summed E-state index contributed by atoms with van der Waals surface area (Å²) in [7, 11) is 4.52. The molecule has 7 heteroatoms. The summed E-state index contributed by atoms with van der Waals surface area (Å²) in [6, 6.07) is -0.639. The number of ether oxygens (including phenoxy) is 2. The molecule has 0 aliphatic heterocycles. The number of hydrogen-bond donors (Lipinski definition) is 2. The Hall–Kier alpha value is -1.18. The van der Waals surface area contributed by atoms with Gasteiger partial charge in [-0.1, -0.05) is 13.8 Å². The van der Waals surface area contributed by atoms with E-state index in [9.17, 15) is 14.7 Å². The van der Waals surface area contributed by atoms with Crippen LogP contribution in [0.5, 0.6) is 0 Å². The molecule has 2 unspecified atom stereocenters. The molecule has 0 saturated heterocycles. The number of hydrogen-bond acceptors (Lipinski definition) is 6. The normalized spacial score (nSPS) is 14.1. The lowest BCUT2D eigenvalue weighted by Crippen LogP contribution is -2.47. The van der Waals surface area contributed by atoms with Crippen molar-refractivity contribution in [3.8, 4) is 0 Å². The van der Waals surface area contributed by atoms with E-state index < -0.39 is 18.1 Å². The highest BCUT2D eigenvalue weighted by atomic mass is 16.5. The number of aliphatic hydroxyl groups excluding tert-OH is 1. The van der Waals surface area contributed by atoms with E-state index in [0.29, 0.717) is 13.0 Å². The van der Waals surface area contributed by atoms with Gasteiger partial charge in [-0.2, -0.15) is 0 Å².